The monoisotopic (exact) mass is 239 g/mol. The molecule has 0 saturated carbocycles. The van der Waals surface area contributed by atoms with Crippen molar-refractivity contribution in [1.82, 2.24) is 4.90 Å². The summed E-state index contributed by atoms with van der Waals surface area (Å²) >= 11 is 2.15. The Bertz CT molecular complexity index is 238. The first kappa shape index (κ1) is 12.5. The summed E-state index contributed by atoms with van der Waals surface area (Å²) < 4.78 is 1.38. The number of hydrogen-bond acceptors (Lipinski definition) is 1. The molecule has 1 nitrogen and oxygen atoms in total. The van der Waals surface area contributed by atoms with Gasteiger partial charge in [0.25, 0.3) is 0 Å². The van der Waals surface area contributed by atoms with Gasteiger partial charge < -0.3 is 0 Å². The third-order valence-corrected chi connectivity index (χ3v) is 1.75. The van der Waals surface area contributed by atoms with Crippen LogP contribution in [0.25, 0.3) is 0 Å². The van der Waals surface area contributed by atoms with Crippen LogP contribution in [-0.2, 0) is 27.6 Å². The molecule has 0 saturated heterocycles. The third kappa shape index (κ3) is 3.92. The molecule has 0 unspecified atom stereocenters. The molecule has 0 bridgehead atoms. The molecule has 0 fully saturated rings. The van der Waals surface area contributed by atoms with E-state index < -0.39 is 0 Å². The maximum Gasteiger partial charge on any atom is 0 e. The fourth-order valence-corrected chi connectivity index (χ4v) is 1.13. The fourth-order valence-electron chi connectivity index (χ4n) is 1.13. The second kappa shape index (κ2) is 6.00. The smallest absolute Gasteiger partial charge is 0 e. The Morgan fingerprint density at radius 2 is 1.83 bits per heavy atom. The van der Waals surface area contributed by atoms with Crippen molar-refractivity contribution in [3.63, 3.8) is 0 Å². The molecular formula is C9H12LiMoN. The Morgan fingerprint density at radius 3 is 2.33 bits per heavy atom. The van der Waals surface area contributed by atoms with Gasteiger partial charge in [0.05, 0.1) is 0 Å². The summed E-state index contributed by atoms with van der Waals surface area (Å²) in [6.07, 6.45) is 0. The summed E-state index contributed by atoms with van der Waals surface area (Å²) in [5.41, 5.74) is 1.41. The Hall–Kier alpha value is 0.466. The van der Waals surface area contributed by atoms with E-state index in [0.29, 0.717) is 0 Å². The zero-order valence-corrected chi connectivity index (χ0v) is 9.88. The average molecular weight is 237 g/mol. The Kier molecular flexibility index (Phi) is 6.23. The van der Waals surface area contributed by atoms with Crippen LogP contribution in [0.1, 0.15) is 5.56 Å². The van der Waals surface area contributed by atoms with Gasteiger partial charge in [-0.2, -0.15) is 0 Å². The van der Waals surface area contributed by atoms with Crippen LogP contribution in [0.2, 0.25) is 0 Å². The van der Waals surface area contributed by atoms with Crippen LogP contribution in [0.4, 0.5) is 0 Å². The summed E-state index contributed by atoms with van der Waals surface area (Å²) in [5.74, 6) is 0. The van der Waals surface area contributed by atoms with Gasteiger partial charge in [-0.05, 0) is 0 Å². The van der Waals surface area contributed by atoms with Crippen molar-refractivity contribution in [1.29, 1.82) is 0 Å². The molecule has 0 atom stereocenters. The van der Waals surface area contributed by atoms with Gasteiger partial charge in [-0.3, -0.25) is 0 Å². The zero-order chi connectivity index (χ0) is 8.27. The SMILES string of the molecule is [Li][c]1ccccc1CN(C)C.[Mo]. The topological polar surface area (TPSA) is 3.24 Å². The van der Waals surface area contributed by atoms with E-state index in [-0.39, 0.29) is 21.1 Å². The molecule has 0 heterocycles. The second-order valence-electron chi connectivity index (χ2n) is 3.16. The quantitative estimate of drug-likeness (QED) is 0.678. The Balaban J connectivity index is 0.00000121. The molecule has 0 aromatic heterocycles. The maximum absolute atomic E-state index is 2.18. The normalized spacial score (nSPS) is 9.75. The predicted molar refractivity (Wildman–Crippen MR) is 49.2 cm³/mol. The van der Waals surface area contributed by atoms with Gasteiger partial charge in [0.15, 0.2) is 0 Å². The van der Waals surface area contributed by atoms with E-state index in [0.717, 1.165) is 6.54 Å². The predicted octanol–water partition coefficient (Wildman–Crippen LogP) is 0.540. The fraction of sp³-hybridized carbons (Fsp3) is 0.333. The Morgan fingerprint density at radius 1 is 1.25 bits per heavy atom. The molecule has 0 aliphatic carbocycles. The van der Waals surface area contributed by atoms with Crippen LogP contribution in [-0.4, -0.2) is 36.7 Å². The summed E-state index contributed by atoms with van der Waals surface area (Å²) in [5, 5.41) is 0. The van der Waals surface area contributed by atoms with Crippen molar-refractivity contribution in [2.75, 3.05) is 14.1 Å². The maximum atomic E-state index is 2.18. The zero-order valence-electron chi connectivity index (χ0n) is 7.87. The van der Waals surface area contributed by atoms with E-state index in [2.05, 4.69) is 61.0 Å². The first-order chi connectivity index (χ1) is 5.20. The Labute approximate surface area is 98.0 Å². The molecule has 3 heteroatoms. The van der Waals surface area contributed by atoms with Gasteiger partial charge in [0, 0.05) is 21.1 Å². The van der Waals surface area contributed by atoms with Crippen LogP contribution >= 0.6 is 0 Å². The minimum Gasteiger partial charge on any atom is 0 e. The van der Waals surface area contributed by atoms with Gasteiger partial charge in [-0.25, -0.2) is 0 Å². The summed E-state index contributed by atoms with van der Waals surface area (Å²) in [4.78, 5) is 2.18. The molecule has 0 N–H and O–H groups in total. The summed E-state index contributed by atoms with van der Waals surface area (Å²) in [6.45, 7) is 1.03. The van der Waals surface area contributed by atoms with Gasteiger partial charge in [-0.15, -0.1) is 0 Å². The summed E-state index contributed by atoms with van der Waals surface area (Å²) in [7, 11) is 4.18. The van der Waals surface area contributed by atoms with Crippen molar-refractivity contribution in [2.24, 2.45) is 0 Å². The molecule has 1 aromatic carbocycles. The minimum absolute atomic E-state index is 0. The van der Waals surface area contributed by atoms with Crippen molar-refractivity contribution in [3.8, 4) is 0 Å². The van der Waals surface area contributed by atoms with Crippen LogP contribution in [0.3, 0.4) is 0 Å². The minimum atomic E-state index is 0. The first-order valence-corrected chi connectivity index (χ1v) is 3.89. The van der Waals surface area contributed by atoms with Crippen molar-refractivity contribution >= 4 is 22.0 Å². The van der Waals surface area contributed by atoms with Crippen LogP contribution in [0.5, 0.6) is 0 Å². The summed E-state index contributed by atoms with van der Waals surface area (Å²) in [6, 6.07) is 8.49. The largest absolute Gasteiger partial charge is 0 e. The molecular weight excluding hydrogens is 225 g/mol. The standard InChI is InChI=1S/C9H12N.Li.Mo/c1-10(2)8-9-6-4-3-5-7-9;;/h3-6H,8H2,1-2H3;;. The molecule has 1 aromatic rings. The molecule has 0 radical (unpaired) electrons. The number of nitrogens with zero attached hydrogens (tertiary/aromatic N) is 1. The van der Waals surface area contributed by atoms with E-state index >= 15 is 0 Å². The van der Waals surface area contributed by atoms with E-state index in [9.17, 15) is 0 Å². The molecule has 0 spiro atoms. The van der Waals surface area contributed by atoms with Gasteiger partial charge in [-0.1, -0.05) is 0 Å². The molecule has 12 heavy (non-hydrogen) atoms. The van der Waals surface area contributed by atoms with Crippen molar-refractivity contribution < 1.29 is 21.1 Å². The third-order valence-electron chi connectivity index (χ3n) is 1.75. The number of hydrogen-bond donors (Lipinski definition) is 0. The van der Waals surface area contributed by atoms with Gasteiger partial charge in [0.1, 0.15) is 0 Å². The molecule has 1 rings (SSSR count). The number of benzene rings is 1. The van der Waals surface area contributed by atoms with E-state index in [1.54, 1.807) is 0 Å². The van der Waals surface area contributed by atoms with Crippen LogP contribution < -0.4 is 4.24 Å². The second-order valence-corrected chi connectivity index (χ2v) is 3.16. The van der Waals surface area contributed by atoms with Crippen molar-refractivity contribution in [2.45, 2.75) is 6.54 Å². The molecule has 0 aliphatic rings. The first-order valence-electron chi connectivity index (χ1n) is 3.89. The molecule has 0 amide bonds. The van der Waals surface area contributed by atoms with Crippen LogP contribution in [0.15, 0.2) is 24.3 Å². The van der Waals surface area contributed by atoms with E-state index in [4.69, 9.17) is 0 Å². The van der Waals surface area contributed by atoms with Gasteiger partial charge in [0.2, 0.25) is 0 Å². The van der Waals surface area contributed by atoms with Gasteiger partial charge >= 0.3 is 77.3 Å². The van der Waals surface area contributed by atoms with E-state index in [1.165, 1.54) is 9.80 Å². The van der Waals surface area contributed by atoms with E-state index in [1.807, 2.05) is 0 Å². The molecule has 0 aliphatic heterocycles. The average Bonchev–Trinajstić information content (AvgIpc) is 1.93. The van der Waals surface area contributed by atoms with Crippen molar-refractivity contribution in [3.05, 3.63) is 29.8 Å². The molecule has 60 valence electrons. The number of rotatable bonds is 2. The van der Waals surface area contributed by atoms with Crippen LogP contribution in [0, 0.1) is 0 Å².